The van der Waals surface area contributed by atoms with Crippen LogP contribution in [0.4, 0.5) is 0 Å². The number of hydrogen-bond donors (Lipinski definition) is 1. The molecule has 0 aromatic rings. The molecule has 1 heteroatoms. The van der Waals surface area contributed by atoms with Crippen LogP contribution in [0, 0.1) is 46.3 Å². The number of fused-ring (bicyclic) bond motifs is 7. The van der Waals surface area contributed by atoms with Crippen LogP contribution in [-0.4, -0.2) is 6.54 Å². The standard InChI is InChI=1S/C29H47N/c1-5-30-17-9-7-10-21-18-22-19-25-24(27(22)20(21)2)12-13-26-28(3)15-8-6-11-23(28)14-16-29(25,26)4/h5,22-27,30H,1,6-19H2,2-4H3. The normalized spacial score (nSPS) is 47.3. The highest BCUT2D eigenvalue weighted by atomic mass is 14.8. The van der Waals surface area contributed by atoms with E-state index in [0.717, 1.165) is 42.1 Å². The SMILES string of the molecule is C=CNCCCCC1=C(C)C2C(C1)CC1C2CCC2C3(C)CCCCC3CCC12C. The van der Waals surface area contributed by atoms with Gasteiger partial charge >= 0.3 is 0 Å². The van der Waals surface area contributed by atoms with Gasteiger partial charge in [-0.3, -0.25) is 0 Å². The topological polar surface area (TPSA) is 12.0 Å². The minimum atomic E-state index is 0.645. The predicted octanol–water partition coefficient (Wildman–Crippen LogP) is 7.89. The summed E-state index contributed by atoms with van der Waals surface area (Å²) in [5.41, 5.74) is 5.02. The molecule has 0 heterocycles. The predicted molar refractivity (Wildman–Crippen MR) is 128 cm³/mol. The summed E-state index contributed by atoms with van der Waals surface area (Å²) in [4.78, 5) is 0. The third-order valence-corrected chi connectivity index (χ3v) is 11.5. The molecule has 8 atom stereocenters. The molecule has 0 amide bonds. The third-order valence-electron chi connectivity index (χ3n) is 11.5. The molecule has 0 aromatic heterocycles. The summed E-state index contributed by atoms with van der Waals surface area (Å²) >= 11 is 0. The van der Waals surface area contributed by atoms with Crippen molar-refractivity contribution in [2.24, 2.45) is 46.3 Å². The minimum Gasteiger partial charge on any atom is -0.391 e. The van der Waals surface area contributed by atoms with E-state index in [-0.39, 0.29) is 0 Å². The molecule has 0 radical (unpaired) electrons. The molecule has 168 valence electrons. The highest BCUT2D eigenvalue weighted by molar-refractivity contribution is 5.28. The van der Waals surface area contributed by atoms with Gasteiger partial charge in [0.05, 0.1) is 0 Å². The van der Waals surface area contributed by atoms with Crippen LogP contribution in [0.2, 0.25) is 0 Å². The van der Waals surface area contributed by atoms with Crippen LogP contribution in [0.3, 0.4) is 0 Å². The molecule has 0 saturated heterocycles. The van der Waals surface area contributed by atoms with Gasteiger partial charge in [0.2, 0.25) is 0 Å². The Hall–Kier alpha value is -0.720. The quantitative estimate of drug-likeness (QED) is 0.347. The maximum absolute atomic E-state index is 3.77. The van der Waals surface area contributed by atoms with E-state index in [1.807, 2.05) is 17.3 Å². The lowest BCUT2D eigenvalue weighted by atomic mass is 9.41. The van der Waals surface area contributed by atoms with Crippen LogP contribution in [-0.2, 0) is 0 Å². The van der Waals surface area contributed by atoms with E-state index < -0.39 is 0 Å². The van der Waals surface area contributed by atoms with Gasteiger partial charge in [0.25, 0.3) is 0 Å². The number of unbranched alkanes of at least 4 members (excludes halogenated alkanes) is 1. The molecule has 1 N–H and O–H groups in total. The van der Waals surface area contributed by atoms with Crippen LogP contribution < -0.4 is 5.32 Å². The Bertz CT molecular complexity index is 690. The largest absolute Gasteiger partial charge is 0.391 e. The molecule has 0 aromatic carbocycles. The zero-order valence-electron chi connectivity index (χ0n) is 20.1. The van der Waals surface area contributed by atoms with Gasteiger partial charge in [-0.1, -0.05) is 44.4 Å². The van der Waals surface area contributed by atoms with Crippen molar-refractivity contribution < 1.29 is 0 Å². The summed E-state index contributed by atoms with van der Waals surface area (Å²) in [7, 11) is 0. The van der Waals surface area contributed by atoms with Crippen molar-refractivity contribution in [3.8, 4) is 0 Å². The number of hydrogen-bond acceptors (Lipinski definition) is 1. The lowest BCUT2D eigenvalue weighted by molar-refractivity contribution is -0.141. The molecule has 0 bridgehead atoms. The van der Waals surface area contributed by atoms with Gasteiger partial charge < -0.3 is 5.32 Å². The van der Waals surface area contributed by atoms with Crippen LogP contribution in [0.15, 0.2) is 23.9 Å². The minimum absolute atomic E-state index is 0.645. The molecule has 4 saturated carbocycles. The fraction of sp³-hybridized carbons (Fsp3) is 0.862. The smallest absolute Gasteiger partial charge is 0.0141 e. The van der Waals surface area contributed by atoms with Gasteiger partial charge in [-0.05, 0) is 130 Å². The molecule has 8 unspecified atom stereocenters. The van der Waals surface area contributed by atoms with Gasteiger partial charge in [0.15, 0.2) is 0 Å². The average Bonchev–Trinajstić information content (AvgIpc) is 3.25. The van der Waals surface area contributed by atoms with E-state index in [0.29, 0.717) is 10.8 Å². The van der Waals surface area contributed by atoms with Crippen molar-refractivity contribution in [2.75, 3.05) is 6.54 Å². The average molecular weight is 410 g/mol. The highest BCUT2D eigenvalue weighted by Gasteiger charge is 2.63. The second-order valence-electron chi connectivity index (χ2n) is 12.5. The fourth-order valence-electron chi connectivity index (χ4n) is 10.2. The summed E-state index contributed by atoms with van der Waals surface area (Å²) in [6, 6.07) is 0. The summed E-state index contributed by atoms with van der Waals surface area (Å²) < 4.78 is 0. The van der Waals surface area contributed by atoms with E-state index in [1.54, 1.807) is 32.1 Å². The first-order valence-corrected chi connectivity index (χ1v) is 13.5. The van der Waals surface area contributed by atoms with E-state index in [1.165, 1.54) is 51.4 Å². The molecular formula is C29H47N. The van der Waals surface area contributed by atoms with Crippen LogP contribution in [0.5, 0.6) is 0 Å². The molecule has 0 aliphatic heterocycles. The van der Waals surface area contributed by atoms with Crippen molar-refractivity contribution in [3.63, 3.8) is 0 Å². The lowest BCUT2D eigenvalue weighted by Gasteiger charge is -2.63. The van der Waals surface area contributed by atoms with Gasteiger partial charge in [0.1, 0.15) is 0 Å². The fourth-order valence-corrected chi connectivity index (χ4v) is 10.2. The first kappa shape index (κ1) is 21.1. The van der Waals surface area contributed by atoms with Crippen LogP contribution in [0.25, 0.3) is 0 Å². The molecule has 4 fully saturated rings. The Balaban J connectivity index is 1.30. The van der Waals surface area contributed by atoms with E-state index in [4.69, 9.17) is 0 Å². The van der Waals surface area contributed by atoms with Crippen LogP contribution >= 0.6 is 0 Å². The van der Waals surface area contributed by atoms with E-state index in [9.17, 15) is 0 Å². The van der Waals surface area contributed by atoms with Gasteiger partial charge in [-0.15, -0.1) is 0 Å². The monoisotopic (exact) mass is 409 g/mol. The summed E-state index contributed by atoms with van der Waals surface area (Å²) in [5, 5.41) is 3.26. The molecular weight excluding hydrogens is 362 g/mol. The second-order valence-corrected chi connectivity index (χ2v) is 12.5. The van der Waals surface area contributed by atoms with Crippen molar-refractivity contribution in [1.82, 2.24) is 5.32 Å². The first-order chi connectivity index (χ1) is 14.5. The number of allylic oxidation sites excluding steroid dienone is 2. The first-order valence-electron chi connectivity index (χ1n) is 13.5. The Labute approximate surface area is 186 Å². The number of nitrogens with one attached hydrogen (secondary N) is 1. The van der Waals surface area contributed by atoms with Gasteiger partial charge in [-0.25, -0.2) is 0 Å². The van der Waals surface area contributed by atoms with Gasteiger partial charge in [0, 0.05) is 6.54 Å². The van der Waals surface area contributed by atoms with Gasteiger partial charge in [-0.2, -0.15) is 0 Å². The zero-order valence-corrected chi connectivity index (χ0v) is 20.1. The second kappa shape index (κ2) is 8.00. The Kier molecular flexibility index (Phi) is 5.64. The maximum atomic E-state index is 3.77. The summed E-state index contributed by atoms with van der Waals surface area (Å²) in [6.45, 7) is 12.9. The molecule has 30 heavy (non-hydrogen) atoms. The Morgan fingerprint density at radius 1 is 1.03 bits per heavy atom. The van der Waals surface area contributed by atoms with Crippen molar-refractivity contribution in [1.29, 1.82) is 0 Å². The molecule has 1 nitrogen and oxygen atoms in total. The molecule has 0 spiro atoms. The van der Waals surface area contributed by atoms with Crippen molar-refractivity contribution >= 4 is 0 Å². The number of rotatable bonds is 6. The van der Waals surface area contributed by atoms with Crippen molar-refractivity contribution in [2.45, 2.75) is 104 Å². The third kappa shape index (κ3) is 3.15. The zero-order chi connectivity index (χ0) is 20.9. The van der Waals surface area contributed by atoms with Crippen LogP contribution in [0.1, 0.15) is 104 Å². The Morgan fingerprint density at radius 3 is 2.73 bits per heavy atom. The molecule has 5 aliphatic carbocycles. The maximum Gasteiger partial charge on any atom is 0.0141 e. The van der Waals surface area contributed by atoms with E-state index >= 15 is 0 Å². The highest BCUT2D eigenvalue weighted by Crippen LogP contribution is 2.71. The summed E-state index contributed by atoms with van der Waals surface area (Å²) in [6.07, 6.45) is 21.1. The van der Waals surface area contributed by atoms with E-state index in [2.05, 4.69) is 32.7 Å². The van der Waals surface area contributed by atoms with Crippen molar-refractivity contribution in [3.05, 3.63) is 23.9 Å². The lowest BCUT2D eigenvalue weighted by Crippen LogP contribution is -2.55. The molecule has 5 rings (SSSR count). The Morgan fingerprint density at radius 2 is 1.90 bits per heavy atom. The molecule has 5 aliphatic rings. The summed E-state index contributed by atoms with van der Waals surface area (Å²) in [5.74, 6) is 6.05.